The molecule has 0 heterocycles. The zero-order valence-corrected chi connectivity index (χ0v) is 11.5. The van der Waals surface area contributed by atoms with Gasteiger partial charge in [0.15, 0.2) is 5.78 Å². The van der Waals surface area contributed by atoms with E-state index in [-0.39, 0.29) is 17.7 Å². The monoisotopic (exact) mass is 264 g/mol. The summed E-state index contributed by atoms with van der Waals surface area (Å²) in [5, 5.41) is 5.46. The summed E-state index contributed by atoms with van der Waals surface area (Å²) < 4.78 is 4.99. The first-order valence-corrected chi connectivity index (χ1v) is 6.17. The van der Waals surface area contributed by atoms with E-state index in [9.17, 15) is 9.59 Å². The summed E-state index contributed by atoms with van der Waals surface area (Å²) >= 11 is 0. The van der Waals surface area contributed by atoms with Gasteiger partial charge in [-0.3, -0.25) is 4.79 Å². The van der Waals surface area contributed by atoms with Crippen LogP contribution in [0.15, 0.2) is 24.3 Å². The normalized spacial score (nSPS) is 11.7. The summed E-state index contributed by atoms with van der Waals surface area (Å²) in [5.74, 6) is 0.264. The van der Waals surface area contributed by atoms with E-state index in [1.54, 1.807) is 31.4 Å². The van der Waals surface area contributed by atoms with Crippen LogP contribution in [-0.2, 0) is 4.74 Å². The molecule has 2 amide bonds. The number of Topliss-reactive ketones (excluding diaryl/α,β-unsaturated/α-hetero) is 1. The first-order valence-electron chi connectivity index (χ1n) is 6.17. The Kier molecular flexibility index (Phi) is 6.02. The molecule has 2 N–H and O–H groups in total. The second kappa shape index (κ2) is 7.53. The summed E-state index contributed by atoms with van der Waals surface area (Å²) in [6.07, 6.45) is 0. The molecular weight excluding hydrogens is 244 g/mol. The molecule has 0 saturated heterocycles. The minimum Gasteiger partial charge on any atom is -0.384 e. The van der Waals surface area contributed by atoms with Crippen LogP contribution in [0.25, 0.3) is 0 Å². The van der Waals surface area contributed by atoms with E-state index in [2.05, 4.69) is 10.6 Å². The number of hydrogen-bond donors (Lipinski definition) is 2. The minimum atomic E-state index is -0.265. The number of amides is 2. The number of ketones is 1. The second-order valence-corrected chi connectivity index (χ2v) is 4.53. The Labute approximate surface area is 113 Å². The van der Waals surface area contributed by atoms with Crippen LogP contribution in [-0.4, -0.2) is 32.1 Å². The van der Waals surface area contributed by atoms with Crippen molar-refractivity contribution in [3.63, 3.8) is 0 Å². The molecule has 0 radical (unpaired) electrons. The molecule has 0 saturated carbocycles. The Morgan fingerprint density at radius 3 is 2.42 bits per heavy atom. The molecule has 5 nitrogen and oxygen atoms in total. The van der Waals surface area contributed by atoms with Crippen LogP contribution < -0.4 is 10.6 Å². The van der Waals surface area contributed by atoms with E-state index in [1.807, 2.05) is 6.92 Å². The lowest BCUT2D eigenvalue weighted by Crippen LogP contribution is -2.33. The fourth-order valence-corrected chi connectivity index (χ4v) is 1.57. The molecule has 1 aromatic carbocycles. The average Bonchev–Trinajstić information content (AvgIpc) is 2.37. The van der Waals surface area contributed by atoms with Crippen LogP contribution >= 0.6 is 0 Å². The second-order valence-electron chi connectivity index (χ2n) is 4.53. The largest absolute Gasteiger partial charge is 0.384 e. The van der Waals surface area contributed by atoms with Gasteiger partial charge in [-0.15, -0.1) is 0 Å². The maximum absolute atomic E-state index is 11.6. The van der Waals surface area contributed by atoms with E-state index in [1.165, 1.54) is 6.92 Å². The van der Waals surface area contributed by atoms with E-state index in [0.29, 0.717) is 24.4 Å². The Bertz CT molecular complexity index is 429. The summed E-state index contributed by atoms with van der Waals surface area (Å²) in [4.78, 5) is 22.7. The van der Waals surface area contributed by atoms with Crippen molar-refractivity contribution in [3.8, 4) is 0 Å². The van der Waals surface area contributed by atoms with Crippen molar-refractivity contribution >= 4 is 17.5 Å². The average molecular weight is 264 g/mol. The lowest BCUT2D eigenvalue weighted by molar-refractivity contribution is 0.101. The van der Waals surface area contributed by atoms with Gasteiger partial charge in [0.05, 0.1) is 6.61 Å². The highest BCUT2D eigenvalue weighted by Gasteiger charge is 2.06. The van der Waals surface area contributed by atoms with E-state index >= 15 is 0 Å². The highest BCUT2D eigenvalue weighted by Crippen LogP contribution is 2.09. The van der Waals surface area contributed by atoms with Crippen molar-refractivity contribution in [2.75, 3.05) is 25.6 Å². The maximum Gasteiger partial charge on any atom is 0.319 e. The summed E-state index contributed by atoms with van der Waals surface area (Å²) in [6.45, 7) is 4.65. The zero-order valence-electron chi connectivity index (χ0n) is 11.5. The molecule has 1 aromatic rings. The van der Waals surface area contributed by atoms with E-state index < -0.39 is 0 Å². The highest BCUT2D eigenvalue weighted by atomic mass is 16.5. The Morgan fingerprint density at radius 2 is 1.89 bits per heavy atom. The fourth-order valence-electron chi connectivity index (χ4n) is 1.57. The number of anilines is 1. The van der Waals surface area contributed by atoms with Gasteiger partial charge in [0.25, 0.3) is 0 Å². The minimum absolute atomic E-state index is 0.00407. The van der Waals surface area contributed by atoms with E-state index in [0.717, 1.165) is 0 Å². The quantitative estimate of drug-likeness (QED) is 0.775. The van der Waals surface area contributed by atoms with Gasteiger partial charge in [0.2, 0.25) is 0 Å². The zero-order chi connectivity index (χ0) is 14.3. The number of nitrogens with one attached hydrogen (secondary N) is 2. The molecule has 0 bridgehead atoms. The number of benzene rings is 1. The molecule has 1 atom stereocenters. The van der Waals surface area contributed by atoms with Crippen molar-refractivity contribution in [2.45, 2.75) is 13.8 Å². The molecule has 0 aliphatic carbocycles. The third kappa shape index (κ3) is 5.52. The van der Waals surface area contributed by atoms with Crippen LogP contribution in [0.3, 0.4) is 0 Å². The molecule has 0 fully saturated rings. The molecule has 1 unspecified atom stereocenters. The summed E-state index contributed by atoms with van der Waals surface area (Å²) in [6, 6.07) is 6.51. The molecule has 104 valence electrons. The first kappa shape index (κ1) is 15.2. The van der Waals surface area contributed by atoms with Gasteiger partial charge in [-0.1, -0.05) is 6.92 Å². The van der Waals surface area contributed by atoms with Gasteiger partial charge in [0, 0.05) is 24.9 Å². The molecule has 1 rings (SSSR count). The standard InChI is InChI=1S/C14H20N2O3/c1-10(9-19-3)8-15-14(18)16-13-6-4-12(5-7-13)11(2)17/h4-7,10H,8-9H2,1-3H3,(H2,15,16,18). The fraction of sp³-hybridized carbons (Fsp3) is 0.429. The topological polar surface area (TPSA) is 67.4 Å². The van der Waals surface area contributed by atoms with Gasteiger partial charge >= 0.3 is 6.03 Å². The smallest absolute Gasteiger partial charge is 0.319 e. The molecule has 0 spiro atoms. The number of carbonyl (C=O) groups is 2. The molecule has 5 heteroatoms. The molecule has 0 aromatic heterocycles. The number of hydrogen-bond acceptors (Lipinski definition) is 3. The van der Waals surface area contributed by atoms with Crippen LogP contribution in [0.2, 0.25) is 0 Å². The van der Waals surface area contributed by atoms with Crippen molar-refractivity contribution in [1.29, 1.82) is 0 Å². The number of rotatable bonds is 6. The van der Waals surface area contributed by atoms with Crippen LogP contribution in [0.5, 0.6) is 0 Å². The third-order valence-electron chi connectivity index (χ3n) is 2.61. The number of methoxy groups -OCH3 is 1. The van der Waals surface area contributed by atoms with Gasteiger partial charge in [-0.05, 0) is 37.1 Å². The Balaban J connectivity index is 2.42. The highest BCUT2D eigenvalue weighted by molar-refractivity contribution is 5.95. The van der Waals surface area contributed by atoms with Crippen molar-refractivity contribution < 1.29 is 14.3 Å². The summed E-state index contributed by atoms with van der Waals surface area (Å²) in [5.41, 5.74) is 1.28. The van der Waals surface area contributed by atoms with Crippen molar-refractivity contribution in [3.05, 3.63) is 29.8 Å². The third-order valence-corrected chi connectivity index (χ3v) is 2.61. The SMILES string of the molecule is COCC(C)CNC(=O)Nc1ccc(C(C)=O)cc1. The Hall–Kier alpha value is -1.88. The lowest BCUT2D eigenvalue weighted by atomic mass is 10.1. The lowest BCUT2D eigenvalue weighted by Gasteiger charge is -2.12. The molecule has 0 aliphatic rings. The van der Waals surface area contributed by atoms with Crippen LogP contribution in [0.4, 0.5) is 10.5 Å². The predicted molar refractivity (Wildman–Crippen MR) is 74.5 cm³/mol. The maximum atomic E-state index is 11.6. The first-order chi connectivity index (χ1) is 9.02. The number of carbonyl (C=O) groups excluding carboxylic acids is 2. The van der Waals surface area contributed by atoms with Crippen molar-refractivity contribution in [1.82, 2.24) is 5.32 Å². The number of ether oxygens (including phenoxy) is 1. The molecule has 0 aliphatic heterocycles. The Morgan fingerprint density at radius 1 is 1.26 bits per heavy atom. The summed E-state index contributed by atoms with van der Waals surface area (Å²) in [7, 11) is 1.63. The molecular formula is C14H20N2O3. The predicted octanol–water partition coefficient (Wildman–Crippen LogP) is 2.29. The van der Waals surface area contributed by atoms with Crippen LogP contribution in [0.1, 0.15) is 24.2 Å². The molecule has 19 heavy (non-hydrogen) atoms. The van der Waals surface area contributed by atoms with Gasteiger partial charge in [0.1, 0.15) is 0 Å². The van der Waals surface area contributed by atoms with Gasteiger partial charge in [-0.2, -0.15) is 0 Å². The van der Waals surface area contributed by atoms with Gasteiger partial charge in [-0.25, -0.2) is 4.79 Å². The number of urea groups is 1. The van der Waals surface area contributed by atoms with Crippen molar-refractivity contribution in [2.24, 2.45) is 5.92 Å². The van der Waals surface area contributed by atoms with Crippen LogP contribution in [0, 0.1) is 5.92 Å². The van der Waals surface area contributed by atoms with E-state index in [4.69, 9.17) is 4.74 Å². The van der Waals surface area contributed by atoms with Gasteiger partial charge < -0.3 is 15.4 Å².